The Hall–Kier alpha value is -2.30. The largest absolute Gasteiger partial charge is 0.339 e. The number of carbonyl (C=O) groups is 1. The van der Waals surface area contributed by atoms with Crippen LogP contribution in [0.25, 0.3) is 0 Å². The first-order chi connectivity index (χ1) is 12.6. The van der Waals surface area contributed by atoms with Gasteiger partial charge in [0.2, 0.25) is 0 Å². The molecule has 4 nitrogen and oxygen atoms in total. The molecule has 1 saturated carbocycles. The van der Waals surface area contributed by atoms with E-state index in [2.05, 4.69) is 9.97 Å². The SMILES string of the molecule is Cc1nc(C2CC2)ncc1C(=O)N1CCC(Cc2ccc(F)cc2)CC1. The molecule has 1 aromatic heterocycles. The zero-order valence-electron chi connectivity index (χ0n) is 15.1. The van der Waals surface area contributed by atoms with Crippen LogP contribution in [0.2, 0.25) is 0 Å². The Morgan fingerprint density at radius 1 is 1.15 bits per heavy atom. The van der Waals surface area contributed by atoms with Gasteiger partial charge in [0.1, 0.15) is 11.6 Å². The first kappa shape index (κ1) is 17.1. The molecule has 1 aliphatic heterocycles. The van der Waals surface area contributed by atoms with E-state index in [0.29, 0.717) is 17.4 Å². The lowest BCUT2D eigenvalue weighted by Crippen LogP contribution is -2.39. The van der Waals surface area contributed by atoms with E-state index in [1.165, 1.54) is 12.1 Å². The van der Waals surface area contributed by atoms with Crippen LogP contribution < -0.4 is 0 Å². The van der Waals surface area contributed by atoms with Gasteiger partial charge in [0.25, 0.3) is 5.91 Å². The molecular weight excluding hydrogens is 329 g/mol. The average Bonchev–Trinajstić information content (AvgIpc) is 3.49. The standard InChI is InChI=1S/C21H24FN3O/c1-14-19(13-23-20(24-14)17-4-5-17)21(26)25-10-8-16(9-11-25)12-15-2-6-18(22)7-3-15/h2-3,6-7,13,16-17H,4-5,8-12H2,1H3. The van der Waals surface area contributed by atoms with Gasteiger partial charge in [0.15, 0.2) is 0 Å². The molecule has 1 amide bonds. The van der Waals surface area contributed by atoms with E-state index in [-0.39, 0.29) is 11.7 Å². The fraction of sp³-hybridized carbons (Fsp3) is 0.476. The van der Waals surface area contributed by atoms with E-state index in [1.54, 1.807) is 6.20 Å². The number of halogens is 1. The molecule has 1 saturated heterocycles. The number of aromatic nitrogens is 2. The molecule has 5 heteroatoms. The summed E-state index contributed by atoms with van der Waals surface area (Å²) in [5, 5.41) is 0. The average molecular weight is 353 g/mol. The molecule has 0 radical (unpaired) electrons. The van der Waals surface area contributed by atoms with Gasteiger partial charge in [0, 0.05) is 25.2 Å². The fourth-order valence-corrected chi connectivity index (χ4v) is 3.70. The number of aryl methyl sites for hydroxylation is 1. The maximum Gasteiger partial charge on any atom is 0.257 e. The second kappa shape index (κ2) is 7.14. The van der Waals surface area contributed by atoms with Crippen LogP contribution in [0.4, 0.5) is 4.39 Å². The third kappa shape index (κ3) is 3.76. The van der Waals surface area contributed by atoms with Crippen LogP contribution in [0.15, 0.2) is 30.5 Å². The Kier molecular flexibility index (Phi) is 4.70. The molecule has 4 rings (SSSR count). The highest BCUT2D eigenvalue weighted by Gasteiger charge is 2.29. The number of hydrogen-bond donors (Lipinski definition) is 0. The first-order valence-corrected chi connectivity index (χ1v) is 9.47. The maximum atomic E-state index is 13.0. The lowest BCUT2D eigenvalue weighted by Gasteiger charge is -2.32. The van der Waals surface area contributed by atoms with Crippen LogP contribution in [-0.4, -0.2) is 33.9 Å². The molecule has 2 aliphatic rings. The van der Waals surface area contributed by atoms with Crippen molar-refractivity contribution in [2.45, 2.75) is 44.9 Å². The van der Waals surface area contributed by atoms with Crippen LogP contribution >= 0.6 is 0 Å². The molecule has 0 spiro atoms. The smallest absolute Gasteiger partial charge is 0.257 e. The molecule has 2 aromatic rings. The molecule has 136 valence electrons. The van der Waals surface area contributed by atoms with Gasteiger partial charge in [-0.1, -0.05) is 12.1 Å². The predicted octanol–water partition coefficient (Wildman–Crippen LogP) is 3.90. The quantitative estimate of drug-likeness (QED) is 0.837. The Balaban J connectivity index is 1.35. The maximum absolute atomic E-state index is 13.0. The molecule has 0 bridgehead atoms. The van der Waals surface area contributed by atoms with Crippen molar-refractivity contribution in [2.24, 2.45) is 5.92 Å². The summed E-state index contributed by atoms with van der Waals surface area (Å²) in [5.41, 5.74) is 2.59. The van der Waals surface area contributed by atoms with Crippen molar-refractivity contribution in [3.63, 3.8) is 0 Å². The Morgan fingerprint density at radius 2 is 1.85 bits per heavy atom. The highest BCUT2D eigenvalue weighted by atomic mass is 19.1. The lowest BCUT2D eigenvalue weighted by atomic mass is 9.90. The molecule has 26 heavy (non-hydrogen) atoms. The van der Waals surface area contributed by atoms with Gasteiger partial charge in [-0.25, -0.2) is 14.4 Å². The lowest BCUT2D eigenvalue weighted by molar-refractivity contribution is 0.0688. The number of piperidine rings is 1. The van der Waals surface area contributed by atoms with Crippen molar-refractivity contribution < 1.29 is 9.18 Å². The van der Waals surface area contributed by atoms with E-state index >= 15 is 0 Å². The zero-order valence-corrected chi connectivity index (χ0v) is 15.1. The molecular formula is C21H24FN3O. The minimum atomic E-state index is -0.195. The van der Waals surface area contributed by atoms with Gasteiger partial charge in [-0.2, -0.15) is 0 Å². The Morgan fingerprint density at radius 3 is 2.46 bits per heavy atom. The normalized spacial score (nSPS) is 18.2. The van der Waals surface area contributed by atoms with Crippen molar-refractivity contribution in [3.8, 4) is 0 Å². The summed E-state index contributed by atoms with van der Waals surface area (Å²) in [4.78, 5) is 23.7. The summed E-state index contributed by atoms with van der Waals surface area (Å²) in [6, 6.07) is 6.74. The van der Waals surface area contributed by atoms with Crippen molar-refractivity contribution >= 4 is 5.91 Å². The van der Waals surface area contributed by atoms with E-state index < -0.39 is 0 Å². The van der Waals surface area contributed by atoms with Gasteiger partial charge >= 0.3 is 0 Å². The monoisotopic (exact) mass is 353 g/mol. The van der Waals surface area contributed by atoms with Crippen molar-refractivity contribution in [1.29, 1.82) is 0 Å². The van der Waals surface area contributed by atoms with Crippen LogP contribution in [-0.2, 0) is 6.42 Å². The molecule has 2 fully saturated rings. The second-order valence-electron chi connectivity index (χ2n) is 7.57. The van der Waals surface area contributed by atoms with E-state index in [4.69, 9.17) is 0 Å². The number of carbonyl (C=O) groups excluding carboxylic acids is 1. The number of amides is 1. The second-order valence-corrected chi connectivity index (χ2v) is 7.57. The highest BCUT2D eigenvalue weighted by molar-refractivity contribution is 5.95. The summed E-state index contributed by atoms with van der Waals surface area (Å²) >= 11 is 0. The van der Waals surface area contributed by atoms with Gasteiger partial charge < -0.3 is 4.90 Å². The van der Waals surface area contributed by atoms with Crippen LogP contribution in [0.5, 0.6) is 0 Å². The third-order valence-corrected chi connectivity index (χ3v) is 5.51. The van der Waals surface area contributed by atoms with Crippen molar-refractivity contribution in [1.82, 2.24) is 14.9 Å². The minimum absolute atomic E-state index is 0.0464. The first-order valence-electron chi connectivity index (χ1n) is 9.47. The topological polar surface area (TPSA) is 46.1 Å². The zero-order chi connectivity index (χ0) is 18.1. The molecule has 0 unspecified atom stereocenters. The van der Waals surface area contributed by atoms with Crippen molar-refractivity contribution in [2.75, 3.05) is 13.1 Å². The van der Waals surface area contributed by atoms with Crippen LogP contribution in [0.1, 0.15) is 59.0 Å². The number of likely N-dealkylation sites (tertiary alicyclic amines) is 1. The van der Waals surface area contributed by atoms with Crippen LogP contribution in [0.3, 0.4) is 0 Å². The van der Waals surface area contributed by atoms with Gasteiger partial charge in [0.05, 0.1) is 11.3 Å². The summed E-state index contributed by atoms with van der Waals surface area (Å²) in [7, 11) is 0. The Bertz CT molecular complexity index is 793. The predicted molar refractivity (Wildman–Crippen MR) is 97.5 cm³/mol. The molecule has 2 heterocycles. The minimum Gasteiger partial charge on any atom is -0.339 e. The number of hydrogen-bond acceptors (Lipinski definition) is 3. The van der Waals surface area contributed by atoms with Crippen molar-refractivity contribution in [3.05, 3.63) is 58.9 Å². The Labute approximate surface area is 153 Å². The van der Waals surface area contributed by atoms with E-state index in [1.807, 2.05) is 24.0 Å². The summed E-state index contributed by atoms with van der Waals surface area (Å²) in [6.07, 6.45) is 6.93. The van der Waals surface area contributed by atoms with Gasteiger partial charge in [-0.3, -0.25) is 4.79 Å². The highest BCUT2D eigenvalue weighted by Crippen LogP contribution is 2.38. The van der Waals surface area contributed by atoms with E-state index in [0.717, 1.165) is 62.3 Å². The van der Waals surface area contributed by atoms with E-state index in [9.17, 15) is 9.18 Å². The molecule has 0 N–H and O–H groups in total. The number of rotatable bonds is 4. The van der Waals surface area contributed by atoms with Gasteiger partial charge in [-0.15, -0.1) is 0 Å². The van der Waals surface area contributed by atoms with Gasteiger partial charge in [-0.05, 0) is 62.6 Å². The van der Waals surface area contributed by atoms with Crippen LogP contribution in [0, 0.1) is 18.7 Å². The molecule has 0 atom stereocenters. The number of nitrogens with zero attached hydrogens (tertiary/aromatic N) is 3. The molecule has 1 aliphatic carbocycles. The molecule has 1 aromatic carbocycles. The summed E-state index contributed by atoms with van der Waals surface area (Å²) in [5.74, 6) is 1.78. The third-order valence-electron chi connectivity index (χ3n) is 5.51. The summed E-state index contributed by atoms with van der Waals surface area (Å²) in [6.45, 7) is 3.42. The summed E-state index contributed by atoms with van der Waals surface area (Å²) < 4.78 is 13.0. The number of benzene rings is 1. The fourth-order valence-electron chi connectivity index (χ4n) is 3.70.